The van der Waals surface area contributed by atoms with Crippen molar-refractivity contribution in [2.45, 2.75) is 31.7 Å². The molecular formula is C8H12ClNO2S. The van der Waals surface area contributed by atoms with Gasteiger partial charge in [0, 0.05) is 12.7 Å². The average Bonchev–Trinajstić information content (AvgIpc) is 2.24. The highest BCUT2D eigenvalue weighted by molar-refractivity contribution is 8.00. The predicted octanol–water partition coefficient (Wildman–Crippen LogP) is 1.45. The van der Waals surface area contributed by atoms with Crippen molar-refractivity contribution in [1.29, 1.82) is 0 Å². The summed E-state index contributed by atoms with van der Waals surface area (Å²) in [4.78, 5) is 23.5. The fourth-order valence-corrected chi connectivity index (χ4v) is 3.10. The van der Waals surface area contributed by atoms with Gasteiger partial charge in [-0.3, -0.25) is 9.59 Å². The third kappa shape index (κ3) is 1.99. The molecule has 0 bridgehead atoms. The number of rotatable bonds is 1. The summed E-state index contributed by atoms with van der Waals surface area (Å²) >= 11 is 6.98. The molecule has 5 heteroatoms. The van der Waals surface area contributed by atoms with Crippen molar-refractivity contribution < 1.29 is 9.59 Å². The molecule has 0 aromatic rings. The molecule has 1 aliphatic heterocycles. The second kappa shape index (κ2) is 3.50. The molecule has 0 radical (unpaired) electrons. The number of carbonyl (C=O) groups excluding carboxylic acids is 2. The standard InChI is InChI=1S/C8H12ClNO2S/c1-5(11)10-6(7(9)12)4-13-8(10,2)3/h6H,4H2,1-3H3/t6-/m0/s1. The molecule has 0 aromatic heterocycles. The van der Waals surface area contributed by atoms with Crippen LogP contribution >= 0.6 is 23.4 Å². The first kappa shape index (κ1) is 10.9. The normalized spacial score (nSPS) is 26.2. The lowest BCUT2D eigenvalue weighted by atomic mass is 10.2. The summed E-state index contributed by atoms with van der Waals surface area (Å²) in [6.07, 6.45) is 0. The van der Waals surface area contributed by atoms with Crippen molar-refractivity contribution in [3.63, 3.8) is 0 Å². The molecule has 1 heterocycles. The van der Waals surface area contributed by atoms with Gasteiger partial charge in [0.2, 0.25) is 11.1 Å². The summed E-state index contributed by atoms with van der Waals surface area (Å²) in [5, 5.41) is -0.451. The van der Waals surface area contributed by atoms with E-state index >= 15 is 0 Å². The molecule has 3 nitrogen and oxygen atoms in total. The van der Waals surface area contributed by atoms with E-state index in [1.165, 1.54) is 6.92 Å². The van der Waals surface area contributed by atoms with Crippen LogP contribution in [0.15, 0.2) is 0 Å². The van der Waals surface area contributed by atoms with Crippen LogP contribution in [0.25, 0.3) is 0 Å². The Morgan fingerprint density at radius 2 is 2.08 bits per heavy atom. The van der Waals surface area contributed by atoms with Crippen LogP contribution in [0.2, 0.25) is 0 Å². The van der Waals surface area contributed by atoms with Gasteiger partial charge in [0.1, 0.15) is 6.04 Å². The SMILES string of the molecule is CC(=O)N1[C@H](C(=O)Cl)CSC1(C)C. The zero-order valence-corrected chi connectivity index (χ0v) is 9.41. The molecule has 1 rings (SSSR count). The van der Waals surface area contributed by atoms with E-state index < -0.39 is 11.3 Å². The second-order valence-electron chi connectivity index (χ2n) is 3.47. The molecule has 1 aliphatic rings. The van der Waals surface area contributed by atoms with Crippen molar-refractivity contribution >= 4 is 34.5 Å². The molecule has 0 saturated carbocycles. The lowest BCUT2D eigenvalue weighted by molar-refractivity contribution is -0.136. The van der Waals surface area contributed by atoms with E-state index in [1.54, 1.807) is 16.7 Å². The van der Waals surface area contributed by atoms with Gasteiger partial charge in [-0.1, -0.05) is 0 Å². The lowest BCUT2D eigenvalue weighted by Crippen LogP contribution is -2.47. The van der Waals surface area contributed by atoms with E-state index in [1.807, 2.05) is 13.8 Å². The Hall–Kier alpha value is -0.220. The first-order chi connectivity index (χ1) is 5.86. The molecule has 1 saturated heterocycles. The highest BCUT2D eigenvalue weighted by atomic mass is 35.5. The molecule has 0 spiro atoms. The zero-order valence-electron chi connectivity index (χ0n) is 7.83. The van der Waals surface area contributed by atoms with Crippen molar-refractivity contribution in [3.8, 4) is 0 Å². The molecule has 0 aromatic carbocycles. The molecule has 1 amide bonds. The number of thioether (sulfide) groups is 1. The van der Waals surface area contributed by atoms with Gasteiger partial charge in [-0.2, -0.15) is 0 Å². The maximum Gasteiger partial charge on any atom is 0.245 e. The van der Waals surface area contributed by atoms with Gasteiger partial charge in [-0.25, -0.2) is 0 Å². The molecule has 1 fully saturated rings. The number of carbonyl (C=O) groups is 2. The monoisotopic (exact) mass is 221 g/mol. The largest absolute Gasteiger partial charge is 0.317 e. The minimum Gasteiger partial charge on any atom is -0.317 e. The average molecular weight is 222 g/mol. The third-order valence-electron chi connectivity index (χ3n) is 2.09. The molecular weight excluding hydrogens is 210 g/mol. The summed E-state index contributed by atoms with van der Waals surface area (Å²) in [7, 11) is 0. The third-order valence-corrected chi connectivity index (χ3v) is 3.72. The summed E-state index contributed by atoms with van der Waals surface area (Å²) in [5.74, 6) is 0.489. The molecule has 74 valence electrons. The van der Waals surface area contributed by atoms with E-state index in [9.17, 15) is 9.59 Å². The highest BCUT2D eigenvalue weighted by Crippen LogP contribution is 2.39. The second-order valence-corrected chi connectivity index (χ2v) is 5.46. The maximum absolute atomic E-state index is 11.3. The molecule has 0 unspecified atom stereocenters. The van der Waals surface area contributed by atoms with Crippen LogP contribution in [-0.2, 0) is 9.59 Å². The van der Waals surface area contributed by atoms with Gasteiger partial charge in [0.25, 0.3) is 0 Å². The van der Waals surface area contributed by atoms with Gasteiger partial charge in [-0.15, -0.1) is 11.8 Å². The van der Waals surface area contributed by atoms with Gasteiger partial charge < -0.3 is 4.90 Å². The minimum atomic E-state index is -0.459. The molecule has 13 heavy (non-hydrogen) atoms. The van der Waals surface area contributed by atoms with E-state index in [-0.39, 0.29) is 10.8 Å². The van der Waals surface area contributed by atoms with Gasteiger partial charge in [-0.05, 0) is 25.4 Å². The van der Waals surface area contributed by atoms with Crippen LogP contribution in [0.4, 0.5) is 0 Å². The number of nitrogens with zero attached hydrogens (tertiary/aromatic N) is 1. The number of hydrogen-bond donors (Lipinski definition) is 0. The van der Waals surface area contributed by atoms with E-state index in [0.29, 0.717) is 5.75 Å². The fraction of sp³-hybridized carbons (Fsp3) is 0.750. The van der Waals surface area contributed by atoms with Gasteiger partial charge >= 0.3 is 0 Å². The topological polar surface area (TPSA) is 37.4 Å². The molecule has 0 N–H and O–H groups in total. The smallest absolute Gasteiger partial charge is 0.245 e. The van der Waals surface area contributed by atoms with Crippen LogP contribution < -0.4 is 0 Å². The van der Waals surface area contributed by atoms with Crippen molar-refractivity contribution in [2.75, 3.05) is 5.75 Å². The fourth-order valence-electron chi connectivity index (χ4n) is 1.57. The van der Waals surface area contributed by atoms with Crippen LogP contribution in [0.1, 0.15) is 20.8 Å². The first-order valence-corrected chi connectivity index (χ1v) is 5.36. The molecule has 0 aliphatic carbocycles. The van der Waals surface area contributed by atoms with Gasteiger partial charge in [0.15, 0.2) is 0 Å². The van der Waals surface area contributed by atoms with Crippen LogP contribution in [0.3, 0.4) is 0 Å². The number of amides is 1. The van der Waals surface area contributed by atoms with Crippen molar-refractivity contribution in [1.82, 2.24) is 4.90 Å². The quantitative estimate of drug-likeness (QED) is 0.629. The predicted molar refractivity (Wildman–Crippen MR) is 53.7 cm³/mol. The van der Waals surface area contributed by atoms with Crippen LogP contribution in [-0.4, -0.2) is 32.7 Å². The molecule has 1 atom stereocenters. The Bertz CT molecular complexity index is 255. The summed E-state index contributed by atoms with van der Waals surface area (Å²) < 4.78 is 0. The Balaban J connectivity index is 2.92. The zero-order chi connectivity index (χ0) is 10.2. The van der Waals surface area contributed by atoms with E-state index in [0.717, 1.165) is 0 Å². The van der Waals surface area contributed by atoms with E-state index in [4.69, 9.17) is 11.6 Å². The van der Waals surface area contributed by atoms with Crippen molar-refractivity contribution in [3.05, 3.63) is 0 Å². The Morgan fingerprint density at radius 3 is 2.38 bits per heavy atom. The summed E-state index contributed by atoms with van der Waals surface area (Å²) in [6.45, 7) is 5.29. The summed E-state index contributed by atoms with van der Waals surface area (Å²) in [6, 6.07) is -0.459. The van der Waals surface area contributed by atoms with E-state index in [2.05, 4.69) is 0 Å². The Labute approximate surface area is 86.8 Å². The Morgan fingerprint density at radius 1 is 1.54 bits per heavy atom. The highest BCUT2D eigenvalue weighted by Gasteiger charge is 2.44. The summed E-state index contributed by atoms with van der Waals surface area (Å²) in [5.41, 5.74) is 0. The minimum absolute atomic E-state index is 0.103. The first-order valence-electron chi connectivity index (χ1n) is 3.99. The lowest BCUT2D eigenvalue weighted by Gasteiger charge is -2.32. The van der Waals surface area contributed by atoms with Crippen LogP contribution in [0, 0.1) is 0 Å². The Kier molecular flexibility index (Phi) is 2.92. The van der Waals surface area contributed by atoms with Crippen molar-refractivity contribution in [2.24, 2.45) is 0 Å². The number of hydrogen-bond acceptors (Lipinski definition) is 3. The van der Waals surface area contributed by atoms with Gasteiger partial charge in [0.05, 0.1) is 4.87 Å². The maximum atomic E-state index is 11.3. The van der Waals surface area contributed by atoms with Crippen LogP contribution in [0.5, 0.6) is 0 Å². The number of halogens is 1.